The van der Waals surface area contributed by atoms with Gasteiger partial charge in [0.15, 0.2) is 0 Å². The van der Waals surface area contributed by atoms with Crippen LogP contribution >= 0.6 is 0 Å². The maximum atomic E-state index is 11.5. The Hall–Kier alpha value is -0.380. The third-order valence-electron chi connectivity index (χ3n) is 2.16. The molecule has 0 aliphatic carbocycles. The van der Waals surface area contributed by atoms with E-state index in [1.165, 1.54) is 0 Å². The van der Waals surface area contributed by atoms with Crippen molar-refractivity contribution in [2.45, 2.75) is 51.2 Å². The summed E-state index contributed by atoms with van der Waals surface area (Å²) < 4.78 is 11.5. The largest absolute Gasteiger partial charge is 0.480 e. The zero-order valence-corrected chi connectivity index (χ0v) is 9.81. The van der Waals surface area contributed by atoms with Crippen LogP contribution in [0.5, 0.6) is 0 Å². The van der Waals surface area contributed by atoms with E-state index in [-0.39, 0.29) is 0 Å². The van der Waals surface area contributed by atoms with Gasteiger partial charge in [0.2, 0.25) is 0 Å². The summed E-state index contributed by atoms with van der Waals surface area (Å²) >= 11 is 0. The van der Waals surface area contributed by atoms with Crippen LogP contribution in [0.4, 0.5) is 0 Å². The summed E-state index contributed by atoms with van der Waals surface area (Å²) in [6.07, 6.45) is 4.67. The van der Waals surface area contributed by atoms with Crippen molar-refractivity contribution >= 4 is 16.8 Å². The fraction of sp³-hybridized carbons (Fsp3) is 0.900. The molecule has 4 heteroatoms. The summed E-state index contributed by atoms with van der Waals surface area (Å²) in [6, 6.07) is 0. The number of carbonyl (C=O) groups is 1. The van der Waals surface area contributed by atoms with E-state index in [9.17, 15) is 9.00 Å². The van der Waals surface area contributed by atoms with E-state index < -0.39 is 22.0 Å². The van der Waals surface area contributed by atoms with Crippen molar-refractivity contribution in [1.82, 2.24) is 0 Å². The van der Waals surface area contributed by atoms with Crippen LogP contribution in [-0.2, 0) is 15.6 Å². The lowest BCUT2D eigenvalue weighted by Crippen LogP contribution is -2.26. The molecule has 0 bridgehead atoms. The molecular weight excluding hydrogens is 200 g/mol. The Kier molecular flexibility index (Phi) is 7.76. The molecule has 0 saturated heterocycles. The number of unbranched alkanes of at least 4 members (excludes halogenated alkanes) is 3. The van der Waals surface area contributed by atoms with Crippen molar-refractivity contribution in [3.05, 3.63) is 0 Å². The van der Waals surface area contributed by atoms with Gasteiger partial charge in [0.1, 0.15) is 5.25 Å². The van der Waals surface area contributed by atoms with E-state index >= 15 is 0 Å². The Morgan fingerprint density at radius 3 is 2.36 bits per heavy atom. The fourth-order valence-corrected chi connectivity index (χ4v) is 2.66. The first kappa shape index (κ1) is 13.6. The summed E-state index contributed by atoms with van der Waals surface area (Å²) in [5, 5.41) is 8.08. The van der Waals surface area contributed by atoms with Crippen LogP contribution in [0.3, 0.4) is 0 Å². The molecule has 0 amide bonds. The van der Waals surface area contributed by atoms with Crippen molar-refractivity contribution in [2.75, 3.05) is 5.75 Å². The number of aliphatic carboxylic acids is 1. The Morgan fingerprint density at radius 2 is 1.93 bits per heavy atom. The van der Waals surface area contributed by atoms with Gasteiger partial charge < -0.3 is 5.11 Å². The highest BCUT2D eigenvalue weighted by Crippen LogP contribution is 2.07. The lowest BCUT2D eigenvalue weighted by atomic mass is 10.2. The van der Waals surface area contributed by atoms with E-state index in [2.05, 4.69) is 6.92 Å². The first-order chi connectivity index (χ1) is 6.63. The second-order valence-corrected chi connectivity index (χ2v) is 5.12. The van der Waals surface area contributed by atoms with Crippen LogP contribution < -0.4 is 0 Å². The maximum absolute atomic E-state index is 11.5. The molecule has 14 heavy (non-hydrogen) atoms. The molecule has 0 saturated carbocycles. The smallest absolute Gasteiger partial charge is 0.319 e. The predicted octanol–water partition coefficient (Wildman–Crippen LogP) is 2.18. The van der Waals surface area contributed by atoms with E-state index in [0.717, 1.165) is 25.7 Å². The first-order valence-electron chi connectivity index (χ1n) is 5.23. The topological polar surface area (TPSA) is 54.4 Å². The number of rotatable bonds is 8. The average Bonchev–Trinajstić information content (AvgIpc) is 2.13. The monoisotopic (exact) mass is 220 g/mol. The van der Waals surface area contributed by atoms with Gasteiger partial charge in [-0.2, -0.15) is 0 Å². The summed E-state index contributed by atoms with van der Waals surface area (Å²) in [4.78, 5) is 10.7. The molecule has 0 aliphatic heterocycles. The molecule has 1 N–H and O–H groups in total. The van der Waals surface area contributed by atoms with Gasteiger partial charge in [-0.15, -0.1) is 0 Å². The molecule has 0 aromatic heterocycles. The van der Waals surface area contributed by atoms with Crippen molar-refractivity contribution < 1.29 is 14.1 Å². The molecule has 2 unspecified atom stereocenters. The van der Waals surface area contributed by atoms with Crippen molar-refractivity contribution in [1.29, 1.82) is 0 Å². The van der Waals surface area contributed by atoms with Crippen LogP contribution in [0.2, 0.25) is 0 Å². The average molecular weight is 220 g/mol. The predicted molar refractivity (Wildman–Crippen MR) is 58.9 cm³/mol. The Balaban J connectivity index is 3.76. The van der Waals surface area contributed by atoms with Crippen molar-refractivity contribution in [3.8, 4) is 0 Å². The van der Waals surface area contributed by atoms with Crippen molar-refractivity contribution in [3.63, 3.8) is 0 Å². The van der Waals surface area contributed by atoms with Gasteiger partial charge in [0.05, 0.1) is 0 Å². The first-order valence-corrected chi connectivity index (χ1v) is 6.61. The minimum atomic E-state index is -1.19. The fourth-order valence-electron chi connectivity index (χ4n) is 1.29. The number of carboxylic acids is 1. The highest BCUT2D eigenvalue weighted by atomic mass is 32.2. The second kappa shape index (κ2) is 7.97. The Bertz CT molecular complexity index is 192. The van der Waals surface area contributed by atoms with Crippen LogP contribution in [0, 0.1) is 0 Å². The molecule has 0 heterocycles. The van der Waals surface area contributed by atoms with Gasteiger partial charge in [-0.25, -0.2) is 0 Å². The van der Waals surface area contributed by atoms with E-state index in [1.807, 2.05) is 0 Å². The molecule has 0 radical (unpaired) electrons. The number of hydrogen-bond acceptors (Lipinski definition) is 2. The van der Waals surface area contributed by atoms with Gasteiger partial charge in [-0.3, -0.25) is 9.00 Å². The normalized spacial score (nSPS) is 15.0. The van der Waals surface area contributed by atoms with Crippen LogP contribution in [0.1, 0.15) is 46.0 Å². The van der Waals surface area contributed by atoms with Gasteiger partial charge in [0, 0.05) is 16.6 Å². The molecule has 0 rings (SSSR count). The number of carboxylic acid groups (broad SMARTS) is 1. The summed E-state index contributed by atoms with van der Waals surface area (Å²) in [7, 11) is -1.19. The van der Waals surface area contributed by atoms with Crippen LogP contribution in [0.25, 0.3) is 0 Å². The lowest BCUT2D eigenvalue weighted by Gasteiger charge is -2.08. The Labute approximate surface area is 88.4 Å². The SMILES string of the molecule is CCCCCCS(=O)C(CC)C(=O)O. The van der Waals surface area contributed by atoms with E-state index in [0.29, 0.717) is 12.2 Å². The summed E-state index contributed by atoms with van der Waals surface area (Å²) in [5.41, 5.74) is 0. The van der Waals surface area contributed by atoms with Crippen molar-refractivity contribution in [2.24, 2.45) is 0 Å². The molecule has 0 aliphatic rings. The molecule has 0 aromatic rings. The molecule has 84 valence electrons. The highest BCUT2D eigenvalue weighted by molar-refractivity contribution is 7.86. The Morgan fingerprint density at radius 1 is 1.29 bits per heavy atom. The van der Waals surface area contributed by atoms with Crippen LogP contribution in [-0.4, -0.2) is 26.3 Å². The lowest BCUT2D eigenvalue weighted by molar-refractivity contribution is -0.136. The van der Waals surface area contributed by atoms with Gasteiger partial charge in [-0.1, -0.05) is 33.1 Å². The van der Waals surface area contributed by atoms with E-state index in [4.69, 9.17) is 5.11 Å². The molecule has 3 nitrogen and oxygen atoms in total. The molecule has 0 spiro atoms. The summed E-state index contributed by atoms with van der Waals surface area (Å²) in [5.74, 6) is -0.397. The minimum Gasteiger partial charge on any atom is -0.480 e. The third-order valence-corrected chi connectivity index (χ3v) is 4.02. The molecule has 0 aromatic carbocycles. The quantitative estimate of drug-likeness (QED) is 0.638. The molecule has 0 fully saturated rings. The summed E-state index contributed by atoms with van der Waals surface area (Å²) in [6.45, 7) is 3.88. The van der Waals surface area contributed by atoms with Gasteiger partial charge in [0.25, 0.3) is 0 Å². The zero-order valence-electron chi connectivity index (χ0n) is 8.99. The highest BCUT2D eigenvalue weighted by Gasteiger charge is 2.21. The standard InChI is InChI=1S/C10H20O3S/c1-3-5-6-7-8-14(13)9(4-2)10(11)12/h9H,3-8H2,1-2H3,(H,11,12). The minimum absolute atomic E-state index is 0.454. The maximum Gasteiger partial charge on any atom is 0.319 e. The molecule has 2 atom stereocenters. The third kappa shape index (κ3) is 5.37. The second-order valence-electron chi connectivity index (χ2n) is 3.38. The van der Waals surface area contributed by atoms with Gasteiger partial charge >= 0.3 is 5.97 Å². The van der Waals surface area contributed by atoms with Gasteiger partial charge in [-0.05, 0) is 12.8 Å². The van der Waals surface area contributed by atoms with E-state index in [1.54, 1.807) is 6.92 Å². The molecular formula is C10H20O3S. The number of hydrogen-bond donors (Lipinski definition) is 1. The zero-order chi connectivity index (χ0) is 11.0. The van der Waals surface area contributed by atoms with Crippen LogP contribution in [0.15, 0.2) is 0 Å².